The van der Waals surface area contributed by atoms with Crippen LogP contribution >= 0.6 is 0 Å². The highest BCUT2D eigenvalue weighted by Gasteiger charge is 2.13. The molecule has 1 saturated carbocycles. The second-order valence-corrected chi connectivity index (χ2v) is 8.18. The number of aliphatic imine (C=N–C) groups is 1. The van der Waals surface area contributed by atoms with Gasteiger partial charge in [0, 0.05) is 46.4 Å². The number of ether oxygens (including phenoxy) is 2. The van der Waals surface area contributed by atoms with E-state index in [9.17, 15) is 0 Å². The largest absolute Gasteiger partial charge is 0.379 e. The Balaban J connectivity index is 1.41. The molecule has 9 heteroatoms. The quantitative estimate of drug-likeness (QED) is 0.334. The molecule has 0 unspecified atom stereocenters. The van der Waals surface area contributed by atoms with Gasteiger partial charge >= 0.3 is 0 Å². The molecule has 1 aliphatic heterocycles. The minimum absolute atomic E-state index is 0.470. The second kappa shape index (κ2) is 12.9. The van der Waals surface area contributed by atoms with Crippen LogP contribution in [0.3, 0.4) is 0 Å². The zero-order valence-electron chi connectivity index (χ0n) is 18.7. The summed E-state index contributed by atoms with van der Waals surface area (Å²) in [7, 11) is 1.97. The summed E-state index contributed by atoms with van der Waals surface area (Å²) in [5.41, 5.74) is 0. The van der Waals surface area contributed by atoms with Crippen molar-refractivity contribution < 1.29 is 9.47 Å². The number of nitrogens with one attached hydrogen (secondary N) is 2. The standard InChI is InChI=1S/C21H39N7O2/c1-18-25-26-20(27(18)2)17-24-21(23-10-11-28-12-15-29-16-13-28)22-9-6-14-30-19-7-4-3-5-8-19/h19H,3-17H2,1-2H3,(H2,22,23,24). The lowest BCUT2D eigenvalue weighted by molar-refractivity contribution is 0.0277. The Bertz CT molecular complexity index is 637. The fourth-order valence-corrected chi connectivity index (χ4v) is 3.83. The summed E-state index contributed by atoms with van der Waals surface area (Å²) in [6.45, 7) is 9.58. The van der Waals surface area contributed by atoms with Crippen LogP contribution in [0.2, 0.25) is 0 Å². The Hall–Kier alpha value is -1.71. The maximum absolute atomic E-state index is 6.03. The topological polar surface area (TPSA) is 88.8 Å². The smallest absolute Gasteiger partial charge is 0.191 e. The molecule has 1 aliphatic carbocycles. The van der Waals surface area contributed by atoms with E-state index in [1.807, 2.05) is 18.5 Å². The van der Waals surface area contributed by atoms with Crippen molar-refractivity contribution in [2.75, 3.05) is 52.5 Å². The van der Waals surface area contributed by atoms with Crippen LogP contribution in [0, 0.1) is 6.92 Å². The van der Waals surface area contributed by atoms with Crippen LogP contribution in [0.5, 0.6) is 0 Å². The van der Waals surface area contributed by atoms with Gasteiger partial charge in [-0.2, -0.15) is 0 Å². The van der Waals surface area contributed by atoms with Crippen molar-refractivity contribution in [3.63, 3.8) is 0 Å². The lowest BCUT2D eigenvalue weighted by atomic mass is 9.98. The molecule has 0 bridgehead atoms. The normalized spacial score (nSPS) is 19.2. The van der Waals surface area contributed by atoms with Gasteiger partial charge in [0.2, 0.25) is 0 Å². The van der Waals surface area contributed by atoms with Crippen molar-refractivity contribution in [1.82, 2.24) is 30.3 Å². The Morgan fingerprint density at radius 1 is 1.13 bits per heavy atom. The van der Waals surface area contributed by atoms with Gasteiger partial charge in [0.05, 0.1) is 19.3 Å². The van der Waals surface area contributed by atoms with E-state index in [0.29, 0.717) is 12.6 Å². The van der Waals surface area contributed by atoms with Gasteiger partial charge < -0.3 is 24.7 Å². The van der Waals surface area contributed by atoms with E-state index in [1.165, 1.54) is 32.1 Å². The Morgan fingerprint density at radius 2 is 1.90 bits per heavy atom. The predicted molar refractivity (Wildman–Crippen MR) is 118 cm³/mol. The number of morpholine rings is 1. The molecule has 0 amide bonds. The molecule has 3 rings (SSSR count). The highest BCUT2D eigenvalue weighted by atomic mass is 16.5. The minimum atomic E-state index is 0.470. The van der Waals surface area contributed by atoms with E-state index < -0.39 is 0 Å². The first-order valence-electron chi connectivity index (χ1n) is 11.5. The number of guanidine groups is 1. The van der Waals surface area contributed by atoms with Crippen molar-refractivity contribution in [2.24, 2.45) is 12.0 Å². The van der Waals surface area contributed by atoms with Gasteiger partial charge in [0.25, 0.3) is 0 Å². The number of hydrogen-bond donors (Lipinski definition) is 2. The van der Waals surface area contributed by atoms with Gasteiger partial charge in [-0.25, -0.2) is 4.99 Å². The Labute approximate surface area is 180 Å². The predicted octanol–water partition coefficient (Wildman–Crippen LogP) is 1.23. The lowest BCUT2D eigenvalue weighted by Gasteiger charge is -2.26. The van der Waals surface area contributed by atoms with Crippen molar-refractivity contribution in [2.45, 2.75) is 58.1 Å². The molecule has 0 atom stereocenters. The highest BCUT2D eigenvalue weighted by Crippen LogP contribution is 2.20. The summed E-state index contributed by atoms with van der Waals surface area (Å²) in [5.74, 6) is 2.58. The summed E-state index contributed by atoms with van der Waals surface area (Å²) in [5, 5.41) is 15.2. The van der Waals surface area contributed by atoms with Crippen LogP contribution in [0.25, 0.3) is 0 Å². The molecule has 30 heavy (non-hydrogen) atoms. The van der Waals surface area contributed by atoms with Gasteiger partial charge in [-0.1, -0.05) is 19.3 Å². The molecule has 2 fully saturated rings. The third-order valence-electron chi connectivity index (χ3n) is 5.90. The summed E-state index contributed by atoms with van der Waals surface area (Å²) in [4.78, 5) is 7.14. The number of aryl methyl sites for hydroxylation is 1. The van der Waals surface area contributed by atoms with Gasteiger partial charge in [-0.3, -0.25) is 4.90 Å². The first-order chi connectivity index (χ1) is 14.7. The van der Waals surface area contributed by atoms with Crippen molar-refractivity contribution >= 4 is 5.96 Å². The first-order valence-corrected chi connectivity index (χ1v) is 11.5. The molecule has 0 spiro atoms. The monoisotopic (exact) mass is 421 g/mol. The maximum Gasteiger partial charge on any atom is 0.191 e. The Morgan fingerprint density at radius 3 is 2.63 bits per heavy atom. The van der Waals surface area contributed by atoms with Crippen LogP contribution < -0.4 is 10.6 Å². The van der Waals surface area contributed by atoms with Crippen LogP contribution in [0.15, 0.2) is 4.99 Å². The molecule has 2 aliphatic rings. The van der Waals surface area contributed by atoms with E-state index in [0.717, 1.165) is 76.6 Å². The van der Waals surface area contributed by atoms with Crippen LogP contribution in [-0.2, 0) is 23.1 Å². The molecular weight excluding hydrogens is 382 g/mol. The molecule has 1 aromatic rings. The van der Waals surface area contributed by atoms with Crippen molar-refractivity contribution in [1.29, 1.82) is 0 Å². The molecule has 0 radical (unpaired) electrons. The first kappa shape index (κ1) is 23.0. The SMILES string of the molecule is Cc1nnc(CN=C(NCCCOC2CCCCC2)NCCN2CCOCC2)n1C. The summed E-state index contributed by atoms with van der Waals surface area (Å²) in [6.07, 6.45) is 7.88. The summed E-state index contributed by atoms with van der Waals surface area (Å²) in [6, 6.07) is 0. The maximum atomic E-state index is 6.03. The Kier molecular flexibility index (Phi) is 9.85. The molecule has 1 saturated heterocycles. The fraction of sp³-hybridized carbons (Fsp3) is 0.857. The number of hydrogen-bond acceptors (Lipinski definition) is 6. The molecule has 0 aromatic carbocycles. The average molecular weight is 422 g/mol. The third-order valence-corrected chi connectivity index (χ3v) is 5.90. The summed E-state index contributed by atoms with van der Waals surface area (Å²) < 4.78 is 13.4. The van der Waals surface area contributed by atoms with Crippen molar-refractivity contribution in [3.05, 3.63) is 11.6 Å². The van der Waals surface area contributed by atoms with E-state index >= 15 is 0 Å². The molecule has 1 aromatic heterocycles. The molecule has 170 valence electrons. The molecular formula is C21H39N7O2. The minimum Gasteiger partial charge on any atom is -0.379 e. The van der Waals surface area contributed by atoms with Gasteiger partial charge in [-0.15, -0.1) is 10.2 Å². The third kappa shape index (κ3) is 7.85. The van der Waals surface area contributed by atoms with Crippen LogP contribution in [-0.4, -0.2) is 84.3 Å². The number of nitrogens with zero attached hydrogens (tertiary/aromatic N) is 5. The van der Waals surface area contributed by atoms with Crippen molar-refractivity contribution in [3.8, 4) is 0 Å². The van der Waals surface area contributed by atoms with E-state index in [-0.39, 0.29) is 0 Å². The molecule has 2 heterocycles. The van der Waals surface area contributed by atoms with Gasteiger partial charge in [-0.05, 0) is 26.2 Å². The van der Waals surface area contributed by atoms with E-state index in [2.05, 4.69) is 25.7 Å². The molecule has 9 nitrogen and oxygen atoms in total. The lowest BCUT2D eigenvalue weighted by Crippen LogP contribution is -2.44. The number of rotatable bonds is 10. The second-order valence-electron chi connectivity index (χ2n) is 8.18. The zero-order valence-corrected chi connectivity index (χ0v) is 18.7. The zero-order chi connectivity index (χ0) is 21.0. The highest BCUT2D eigenvalue weighted by molar-refractivity contribution is 5.79. The van der Waals surface area contributed by atoms with E-state index in [1.54, 1.807) is 0 Å². The molecule has 2 N–H and O–H groups in total. The summed E-state index contributed by atoms with van der Waals surface area (Å²) >= 11 is 0. The van der Waals surface area contributed by atoms with E-state index in [4.69, 9.17) is 14.5 Å². The van der Waals surface area contributed by atoms with Crippen LogP contribution in [0.4, 0.5) is 0 Å². The van der Waals surface area contributed by atoms with Gasteiger partial charge in [0.1, 0.15) is 12.4 Å². The van der Waals surface area contributed by atoms with Crippen LogP contribution in [0.1, 0.15) is 50.2 Å². The fourth-order valence-electron chi connectivity index (χ4n) is 3.83. The van der Waals surface area contributed by atoms with Gasteiger partial charge in [0.15, 0.2) is 11.8 Å². The number of aromatic nitrogens is 3. The average Bonchev–Trinajstić information content (AvgIpc) is 3.10.